The van der Waals surface area contributed by atoms with Gasteiger partial charge < -0.3 is 9.73 Å². The molecule has 0 bridgehead atoms. The van der Waals surface area contributed by atoms with Crippen LogP contribution in [-0.2, 0) is 17.6 Å². The number of hydrogen-bond donors (Lipinski definition) is 1. The van der Waals surface area contributed by atoms with Crippen molar-refractivity contribution < 1.29 is 9.21 Å². The molecule has 20 heavy (non-hydrogen) atoms. The van der Waals surface area contributed by atoms with Gasteiger partial charge in [0.15, 0.2) is 0 Å². The number of amides is 1. The van der Waals surface area contributed by atoms with Crippen LogP contribution in [0.15, 0.2) is 28.7 Å². The predicted molar refractivity (Wildman–Crippen MR) is 76.1 cm³/mol. The van der Waals surface area contributed by atoms with E-state index in [0.717, 1.165) is 42.0 Å². The van der Waals surface area contributed by atoms with Crippen molar-refractivity contribution in [1.29, 1.82) is 0 Å². The fourth-order valence-corrected chi connectivity index (χ4v) is 2.84. The number of nitrogens with one attached hydrogen (secondary N) is 1. The molecule has 0 radical (unpaired) electrons. The fraction of sp³-hybridized carbons (Fsp3) is 0.250. The van der Waals surface area contributed by atoms with Gasteiger partial charge in [0.25, 0.3) is 5.91 Å². The van der Waals surface area contributed by atoms with Crippen molar-refractivity contribution in [1.82, 2.24) is 4.98 Å². The van der Waals surface area contributed by atoms with E-state index in [-0.39, 0.29) is 5.91 Å². The van der Waals surface area contributed by atoms with Crippen LogP contribution in [0.1, 0.15) is 35.7 Å². The van der Waals surface area contributed by atoms with Crippen LogP contribution in [0.25, 0.3) is 11.6 Å². The zero-order valence-electron chi connectivity index (χ0n) is 11.0. The topological polar surface area (TPSA) is 55.1 Å². The summed E-state index contributed by atoms with van der Waals surface area (Å²) in [6.07, 6.45) is 6.00. The SMILES string of the molecule is O=C1Nc2ccccc2C1=Cc1nc2c(o1)CCCC2. The first-order chi connectivity index (χ1) is 9.81. The van der Waals surface area contributed by atoms with Crippen LogP contribution in [0, 0.1) is 0 Å². The number of carbonyl (C=O) groups excluding carboxylic acids is 1. The van der Waals surface area contributed by atoms with E-state index in [1.807, 2.05) is 24.3 Å². The Kier molecular flexibility index (Phi) is 2.49. The minimum Gasteiger partial charge on any atom is -0.441 e. The lowest BCUT2D eigenvalue weighted by Crippen LogP contribution is -2.03. The lowest BCUT2D eigenvalue weighted by atomic mass is 10.0. The van der Waals surface area contributed by atoms with E-state index in [1.54, 1.807) is 6.08 Å². The number of fused-ring (bicyclic) bond motifs is 2. The first-order valence-electron chi connectivity index (χ1n) is 6.92. The van der Waals surface area contributed by atoms with E-state index in [4.69, 9.17) is 4.42 Å². The Labute approximate surface area is 116 Å². The molecule has 1 amide bonds. The number of nitrogens with zero attached hydrogens (tertiary/aromatic N) is 1. The number of aryl methyl sites for hydroxylation is 2. The van der Waals surface area contributed by atoms with Crippen LogP contribution in [0.5, 0.6) is 0 Å². The van der Waals surface area contributed by atoms with Gasteiger partial charge in [0, 0.05) is 23.7 Å². The quantitative estimate of drug-likeness (QED) is 0.807. The Morgan fingerprint density at radius 2 is 2.05 bits per heavy atom. The van der Waals surface area contributed by atoms with Gasteiger partial charge in [0.1, 0.15) is 5.76 Å². The van der Waals surface area contributed by atoms with Crippen molar-refractivity contribution in [2.75, 3.05) is 5.32 Å². The molecule has 4 nitrogen and oxygen atoms in total. The molecule has 4 rings (SSSR count). The highest BCUT2D eigenvalue weighted by molar-refractivity contribution is 6.34. The number of para-hydroxylation sites is 1. The van der Waals surface area contributed by atoms with Gasteiger partial charge in [-0.05, 0) is 25.3 Å². The van der Waals surface area contributed by atoms with Crippen molar-refractivity contribution >= 4 is 23.2 Å². The summed E-state index contributed by atoms with van der Waals surface area (Å²) < 4.78 is 5.76. The molecule has 100 valence electrons. The summed E-state index contributed by atoms with van der Waals surface area (Å²) in [6, 6.07) is 7.66. The highest BCUT2D eigenvalue weighted by atomic mass is 16.4. The molecule has 1 N–H and O–H groups in total. The number of aromatic nitrogens is 1. The number of rotatable bonds is 1. The predicted octanol–water partition coefficient (Wildman–Crippen LogP) is 3.05. The molecule has 1 aromatic heterocycles. The van der Waals surface area contributed by atoms with Gasteiger partial charge in [-0.2, -0.15) is 0 Å². The van der Waals surface area contributed by atoms with Gasteiger partial charge >= 0.3 is 0 Å². The van der Waals surface area contributed by atoms with Gasteiger partial charge in [0.05, 0.1) is 11.3 Å². The lowest BCUT2D eigenvalue weighted by Gasteiger charge is -2.05. The molecule has 0 unspecified atom stereocenters. The standard InChI is InChI=1S/C16H14N2O2/c19-16-11(10-5-1-2-6-12(10)18-16)9-15-17-13-7-3-4-8-14(13)20-15/h1-2,5-6,9H,3-4,7-8H2,(H,18,19). The second kappa shape index (κ2) is 4.34. The molecular weight excluding hydrogens is 252 g/mol. The zero-order chi connectivity index (χ0) is 13.5. The number of carbonyl (C=O) groups is 1. The fourth-order valence-electron chi connectivity index (χ4n) is 2.84. The molecule has 0 saturated heterocycles. The molecule has 0 fully saturated rings. The average molecular weight is 266 g/mol. The highest BCUT2D eigenvalue weighted by Gasteiger charge is 2.25. The lowest BCUT2D eigenvalue weighted by molar-refractivity contribution is -0.110. The van der Waals surface area contributed by atoms with E-state index in [2.05, 4.69) is 10.3 Å². The zero-order valence-corrected chi connectivity index (χ0v) is 11.0. The van der Waals surface area contributed by atoms with Crippen LogP contribution in [-0.4, -0.2) is 10.9 Å². The summed E-state index contributed by atoms with van der Waals surface area (Å²) >= 11 is 0. The van der Waals surface area contributed by atoms with Crippen molar-refractivity contribution in [3.05, 3.63) is 47.2 Å². The first-order valence-corrected chi connectivity index (χ1v) is 6.92. The molecule has 1 aliphatic carbocycles. The van der Waals surface area contributed by atoms with Crippen LogP contribution in [0.2, 0.25) is 0 Å². The largest absolute Gasteiger partial charge is 0.441 e. The summed E-state index contributed by atoms with van der Waals surface area (Å²) in [5.41, 5.74) is 3.43. The minimum atomic E-state index is -0.0950. The molecular formula is C16H14N2O2. The molecule has 0 spiro atoms. The molecule has 2 heterocycles. The summed E-state index contributed by atoms with van der Waals surface area (Å²) in [5.74, 6) is 1.43. The van der Waals surface area contributed by atoms with E-state index in [0.29, 0.717) is 11.5 Å². The number of hydrogen-bond acceptors (Lipinski definition) is 3. The molecule has 0 atom stereocenters. The molecule has 2 aliphatic rings. The maximum Gasteiger partial charge on any atom is 0.256 e. The van der Waals surface area contributed by atoms with E-state index >= 15 is 0 Å². The minimum absolute atomic E-state index is 0.0950. The van der Waals surface area contributed by atoms with E-state index in [1.165, 1.54) is 6.42 Å². The Bertz CT molecular complexity index is 704. The van der Waals surface area contributed by atoms with Crippen molar-refractivity contribution in [3.63, 3.8) is 0 Å². The van der Waals surface area contributed by atoms with E-state index in [9.17, 15) is 4.79 Å². The number of benzene rings is 1. The van der Waals surface area contributed by atoms with Gasteiger partial charge in [-0.3, -0.25) is 4.79 Å². The average Bonchev–Trinajstić information content (AvgIpc) is 3.00. The smallest absolute Gasteiger partial charge is 0.256 e. The van der Waals surface area contributed by atoms with Gasteiger partial charge in [0.2, 0.25) is 5.89 Å². The normalized spacial score (nSPS) is 18.8. The van der Waals surface area contributed by atoms with Crippen molar-refractivity contribution in [2.45, 2.75) is 25.7 Å². The van der Waals surface area contributed by atoms with E-state index < -0.39 is 0 Å². The maximum atomic E-state index is 12.0. The first kappa shape index (κ1) is 11.5. The van der Waals surface area contributed by atoms with Crippen molar-refractivity contribution in [3.8, 4) is 0 Å². The molecule has 0 saturated carbocycles. The van der Waals surface area contributed by atoms with Gasteiger partial charge in [-0.15, -0.1) is 0 Å². The van der Waals surface area contributed by atoms with Crippen LogP contribution in [0.3, 0.4) is 0 Å². The third-order valence-electron chi connectivity index (χ3n) is 3.84. The maximum absolute atomic E-state index is 12.0. The Hall–Kier alpha value is -2.36. The number of oxazole rings is 1. The monoisotopic (exact) mass is 266 g/mol. The molecule has 1 aliphatic heterocycles. The van der Waals surface area contributed by atoms with Crippen LogP contribution < -0.4 is 5.32 Å². The Morgan fingerprint density at radius 3 is 2.95 bits per heavy atom. The third-order valence-corrected chi connectivity index (χ3v) is 3.84. The summed E-state index contributed by atoms with van der Waals surface area (Å²) in [7, 11) is 0. The third kappa shape index (κ3) is 1.76. The van der Waals surface area contributed by atoms with Crippen LogP contribution in [0.4, 0.5) is 5.69 Å². The molecule has 4 heteroatoms. The summed E-state index contributed by atoms with van der Waals surface area (Å²) in [4.78, 5) is 16.5. The highest BCUT2D eigenvalue weighted by Crippen LogP contribution is 2.33. The Morgan fingerprint density at radius 1 is 1.20 bits per heavy atom. The van der Waals surface area contributed by atoms with Crippen molar-refractivity contribution in [2.24, 2.45) is 0 Å². The van der Waals surface area contributed by atoms with Gasteiger partial charge in [-0.25, -0.2) is 4.98 Å². The van der Waals surface area contributed by atoms with Crippen LogP contribution >= 0.6 is 0 Å². The number of anilines is 1. The molecule has 1 aromatic carbocycles. The van der Waals surface area contributed by atoms with Gasteiger partial charge in [-0.1, -0.05) is 18.2 Å². The summed E-state index contributed by atoms with van der Waals surface area (Å²) in [6.45, 7) is 0. The molecule has 2 aromatic rings. The second-order valence-corrected chi connectivity index (χ2v) is 5.19. The second-order valence-electron chi connectivity index (χ2n) is 5.19. The Balaban J connectivity index is 1.77. The summed E-state index contributed by atoms with van der Waals surface area (Å²) in [5, 5.41) is 2.85.